The second-order valence-electron chi connectivity index (χ2n) is 5.60. The summed E-state index contributed by atoms with van der Waals surface area (Å²) in [5.74, 6) is -1.05. The average molecular weight is 361 g/mol. The quantitative estimate of drug-likeness (QED) is 0.577. The van der Waals surface area contributed by atoms with Gasteiger partial charge in [0.15, 0.2) is 0 Å². The van der Waals surface area contributed by atoms with Crippen LogP contribution < -0.4 is 0 Å². The predicted octanol–water partition coefficient (Wildman–Crippen LogP) is 3.61. The number of hydrogen-bond donors (Lipinski definition) is 0. The summed E-state index contributed by atoms with van der Waals surface area (Å²) in [5, 5.41) is 22.2. The summed E-state index contributed by atoms with van der Waals surface area (Å²) in [4.78, 5) is 34.8. The van der Waals surface area contributed by atoms with Gasteiger partial charge < -0.3 is 4.90 Å². The van der Waals surface area contributed by atoms with Crippen molar-refractivity contribution < 1.29 is 19.0 Å². The Labute approximate surface area is 148 Å². The maximum absolute atomic E-state index is 13.3. The third-order valence-corrected chi connectivity index (χ3v) is 3.93. The molecule has 0 fully saturated rings. The van der Waals surface area contributed by atoms with Crippen molar-refractivity contribution >= 4 is 17.3 Å². The molecular weight excluding hydrogens is 345 g/mol. The minimum atomic E-state index is -0.786. The molecule has 0 saturated heterocycles. The molecule has 0 heterocycles. The van der Waals surface area contributed by atoms with Gasteiger partial charge in [0.1, 0.15) is 5.82 Å². The van der Waals surface area contributed by atoms with E-state index in [9.17, 15) is 29.4 Å². The van der Waals surface area contributed by atoms with Crippen LogP contribution >= 0.6 is 0 Å². The number of nitrogens with zero attached hydrogens (tertiary/aromatic N) is 3. The molecule has 0 unspecified atom stereocenters. The highest BCUT2D eigenvalue weighted by Gasteiger charge is 2.27. The smallest absolute Gasteiger partial charge is 0.279 e. The van der Waals surface area contributed by atoms with E-state index in [1.54, 1.807) is 13.0 Å². The van der Waals surface area contributed by atoms with Gasteiger partial charge >= 0.3 is 0 Å². The zero-order chi connectivity index (χ0) is 19.4. The highest BCUT2D eigenvalue weighted by atomic mass is 19.1. The fourth-order valence-corrected chi connectivity index (χ4v) is 2.55. The zero-order valence-corrected chi connectivity index (χ0v) is 14.1. The monoisotopic (exact) mass is 361 g/mol. The number of hydrogen-bond acceptors (Lipinski definition) is 5. The summed E-state index contributed by atoms with van der Waals surface area (Å²) >= 11 is 0. The van der Waals surface area contributed by atoms with Gasteiger partial charge in [0.05, 0.1) is 21.5 Å². The van der Waals surface area contributed by atoms with Crippen molar-refractivity contribution in [2.45, 2.75) is 20.4 Å². The van der Waals surface area contributed by atoms with Crippen LogP contribution in [-0.4, -0.2) is 27.2 Å². The van der Waals surface area contributed by atoms with E-state index in [1.165, 1.54) is 30.0 Å². The second kappa shape index (κ2) is 7.68. The summed E-state index contributed by atoms with van der Waals surface area (Å²) in [7, 11) is 0. The van der Waals surface area contributed by atoms with Crippen molar-refractivity contribution in [3.05, 3.63) is 79.1 Å². The van der Waals surface area contributed by atoms with Gasteiger partial charge in [0.2, 0.25) is 0 Å². The molecule has 2 aromatic rings. The summed E-state index contributed by atoms with van der Waals surface area (Å²) in [5.41, 5.74) is -0.568. The molecular formula is C17H16FN3O5. The van der Waals surface area contributed by atoms with Gasteiger partial charge in [-0.15, -0.1) is 0 Å². The fourth-order valence-electron chi connectivity index (χ4n) is 2.55. The molecule has 2 aromatic carbocycles. The number of benzene rings is 2. The van der Waals surface area contributed by atoms with Gasteiger partial charge in [-0.05, 0) is 31.5 Å². The molecule has 26 heavy (non-hydrogen) atoms. The van der Waals surface area contributed by atoms with Crippen LogP contribution in [0, 0.1) is 33.0 Å². The first-order valence-corrected chi connectivity index (χ1v) is 7.71. The van der Waals surface area contributed by atoms with Crippen LogP contribution in [0.2, 0.25) is 0 Å². The molecule has 0 spiro atoms. The van der Waals surface area contributed by atoms with Gasteiger partial charge in [-0.1, -0.05) is 12.1 Å². The number of rotatable bonds is 6. The van der Waals surface area contributed by atoms with Crippen molar-refractivity contribution in [1.82, 2.24) is 4.90 Å². The molecule has 9 heteroatoms. The maximum atomic E-state index is 13.3. The number of halogens is 1. The minimum absolute atomic E-state index is 0.0447. The van der Waals surface area contributed by atoms with E-state index >= 15 is 0 Å². The number of amides is 1. The summed E-state index contributed by atoms with van der Waals surface area (Å²) in [6.07, 6.45) is 0. The number of nitro benzene ring substituents is 2. The van der Waals surface area contributed by atoms with Crippen molar-refractivity contribution in [1.29, 1.82) is 0 Å². The zero-order valence-electron chi connectivity index (χ0n) is 14.1. The number of non-ortho nitro benzene ring substituents is 1. The van der Waals surface area contributed by atoms with E-state index in [0.29, 0.717) is 5.56 Å². The average Bonchev–Trinajstić information content (AvgIpc) is 2.58. The first-order chi connectivity index (χ1) is 12.2. The molecule has 0 atom stereocenters. The molecule has 0 radical (unpaired) electrons. The van der Waals surface area contributed by atoms with Crippen LogP contribution in [0.25, 0.3) is 0 Å². The Morgan fingerprint density at radius 1 is 1.15 bits per heavy atom. The highest BCUT2D eigenvalue weighted by molar-refractivity contribution is 5.97. The Hall–Kier alpha value is -3.36. The van der Waals surface area contributed by atoms with Crippen molar-refractivity contribution in [2.24, 2.45) is 0 Å². The normalized spacial score (nSPS) is 10.4. The van der Waals surface area contributed by atoms with Gasteiger partial charge in [0.25, 0.3) is 17.3 Å². The number of carbonyl (C=O) groups is 1. The third kappa shape index (κ3) is 4.00. The first-order valence-electron chi connectivity index (χ1n) is 7.71. The maximum Gasteiger partial charge on any atom is 0.279 e. The standard InChI is InChI=1S/C17H16FN3O5/c1-3-19(10-12-5-4-6-13(18)7-12)17(22)15-8-14(20(23)24)9-16(11(15)2)21(25)26/h4-9H,3,10H2,1-2H3. The summed E-state index contributed by atoms with van der Waals surface area (Å²) in [6, 6.07) is 7.55. The largest absolute Gasteiger partial charge is 0.335 e. The van der Waals surface area contributed by atoms with Crippen molar-refractivity contribution in [3.63, 3.8) is 0 Å². The lowest BCUT2D eigenvalue weighted by atomic mass is 10.0. The summed E-state index contributed by atoms with van der Waals surface area (Å²) in [6.45, 7) is 3.37. The molecule has 1 amide bonds. The molecule has 8 nitrogen and oxygen atoms in total. The van der Waals surface area contributed by atoms with Gasteiger partial charge in [-0.25, -0.2) is 4.39 Å². The van der Waals surface area contributed by atoms with Crippen molar-refractivity contribution in [2.75, 3.05) is 6.54 Å². The SMILES string of the molecule is CCN(Cc1cccc(F)c1)C(=O)c1cc([N+](=O)[O-])cc([N+](=O)[O-])c1C. The minimum Gasteiger partial charge on any atom is -0.335 e. The Morgan fingerprint density at radius 2 is 1.85 bits per heavy atom. The van der Waals surface area contributed by atoms with Gasteiger partial charge in [0, 0.05) is 24.7 Å². The third-order valence-electron chi connectivity index (χ3n) is 3.93. The molecule has 2 rings (SSSR count). The Balaban J connectivity index is 2.45. The molecule has 0 saturated carbocycles. The van der Waals surface area contributed by atoms with Crippen LogP contribution in [0.5, 0.6) is 0 Å². The van der Waals surface area contributed by atoms with Crippen LogP contribution in [0.4, 0.5) is 15.8 Å². The predicted molar refractivity (Wildman–Crippen MR) is 91.3 cm³/mol. The molecule has 0 aliphatic heterocycles. The first kappa shape index (κ1) is 19.0. The lowest BCUT2D eigenvalue weighted by molar-refractivity contribution is -0.394. The fraction of sp³-hybridized carbons (Fsp3) is 0.235. The van der Waals surface area contributed by atoms with E-state index in [1.807, 2.05) is 0 Å². The Morgan fingerprint density at radius 3 is 2.38 bits per heavy atom. The van der Waals surface area contributed by atoms with Gasteiger partial charge in [-0.2, -0.15) is 0 Å². The van der Waals surface area contributed by atoms with Crippen LogP contribution in [0.1, 0.15) is 28.4 Å². The topological polar surface area (TPSA) is 107 Å². The molecule has 0 aliphatic carbocycles. The van der Waals surface area contributed by atoms with Crippen LogP contribution in [0.3, 0.4) is 0 Å². The molecule has 0 bridgehead atoms. The molecule has 0 N–H and O–H groups in total. The van der Waals surface area contributed by atoms with Crippen LogP contribution in [0.15, 0.2) is 36.4 Å². The van der Waals surface area contributed by atoms with E-state index in [-0.39, 0.29) is 24.2 Å². The van der Waals surface area contributed by atoms with Gasteiger partial charge in [-0.3, -0.25) is 25.0 Å². The lowest BCUT2D eigenvalue weighted by Crippen LogP contribution is -2.31. The van der Waals surface area contributed by atoms with Crippen LogP contribution in [-0.2, 0) is 6.54 Å². The van der Waals surface area contributed by atoms with E-state index < -0.39 is 32.9 Å². The Bertz CT molecular complexity index is 885. The molecule has 0 aliphatic rings. The van der Waals surface area contributed by atoms with E-state index in [2.05, 4.69) is 0 Å². The lowest BCUT2D eigenvalue weighted by Gasteiger charge is -2.22. The number of carbonyl (C=O) groups excluding carboxylic acids is 1. The molecule has 0 aromatic heterocycles. The summed E-state index contributed by atoms with van der Waals surface area (Å²) < 4.78 is 13.3. The molecule has 136 valence electrons. The Kier molecular flexibility index (Phi) is 5.61. The highest BCUT2D eigenvalue weighted by Crippen LogP contribution is 2.29. The van der Waals surface area contributed by atoms with Crippen molar-refractivity contribution in [3.8, 4) is 0 Å². The second-order valence-corrected chi connectivity index (χ2v) is 5.60. The van der Waals surface area contributed by atoms with E-state index in [0.717, 1.165) is 12.1 Å². The number of nitro groups is 2. The van der Waals surface area contributed by atoms with E-state index in [4.69, 9.17) is 0 Å².